The van der Waals surface area contributed by atoms with Crippen LogP contribution in [0.1, 0.15) is 51.9 Å². The largest absolute Gasteiger partial charge is 0.493 e. The highest BCUT2D eigenvalue weighted by molar-refractivity contribution is 7.89. The molecule has 22 nitrogen and oxygen atoms in total. The minimum Gasteiger partial charge on any atom is -0.493 e. The van der Waals surface area contributed by atoms with Gasteiger partial charge in [0.1, 0.15) is 34.2 Å². The Morgan fingerprint density at radius 1 is 0.556 bits per heavy atom. The lowest BCUT2D eigenvalue weighted by atomic mass is 10.1. The Morgan fingerprint density at radius 2 is 0.917 bits per heavy atom. The molecule has 2 N–H and O–H groups in total. The predicted octanol–water partition coefficient (Wildman–Crippen LogP) is 3.26. The quantitative estimate of drug-likeness (QED) is 0.159. The second-order valence-electron chi connectivity index (χ2n) is 17.7. The molecule has 3 fully saturated rings. The molecule has 3 aliphatic heterocycles. The number of fused-ring (bicyclic) bond motifs is 2. The molecule has 7 heterocycles. The highest BCUT2D eigenvalue weighted by Gasteiger charge is 2.31. The van der Waals surface area contributed by atoms with E-state index in [1.807, 2.05) is 41.8 Å². The molecule has 72 heavy (non-hydrogen) atoms. The maximum Gasteiger partial charge on any atom is 0.277 e. The summed E-state index contributed by atoms with van der Waals surface area (Å²) in [4.78, 5) is 45.3. The summed E-state index contributed by atoms with van der Waals surface area (Å²) >= 11 is 0. The van der Waals surface area contributed by atoms with Gasteiger partial charge >= 0.3 is 0 Å². The zero-order valence-electron chi connectivity index (χ0n) is 42.6. The number of ether oxygens (including phenoxy) is 4. The number of piperazine rings is 2. The second-order valence-corrected chi connectivity index (χ2v) is 21.6. The molecule has 0 atom stereocenters. The number of hydrogen-bond acceptors (Lipinski definition) is 16. The molecule has 0 radical (unpaired) electrons. The Hall–Kier alpha value is -5.60. The van der Waals surface area contributed by atoms with E-state index in [-0.39, 0.29) is 32.6 Å². The van der Waals surface area contributed by atoms with Gasteiger partial charge in [0, 0.05) is 66.5 Å². The molecule has 3 aliphatic rings. The van der Waals surface area contributed by atoms with Crippen LogP contribution in [-0.4, -0.2) is 181 Å². The van der Waals surface area contributed by atoms with E-state index in [0.717, 1.165) is 50.7 Å². The SMILES string of the molecule is C1COCCO1.CCCc1nn(C)c2c(=O)[nH]c(-c3cc(S(=O)(=O)N4CCN(C)CC4)ccc3OCC)nc12.CCCc1nn(C)c2c(=O)[nH]c(-c3cc(S(=O)(=O)N4CCN(C)CC4)ccc3OCC)nc12. The number of H-pyrrole nitrogens is 2. The van der Waals surface area contributed by atoms with Crippen molar-refractivity contribution in [1.82, 2.24) is 57.9 Å². The molecule has 9 rings (SSSR count). The Bertz CT molecular complexity index is 2950. The van der Waals surface area contributed by atoms with E-state index in [1.54, 1.807) is 50.5 Å². The Labute approximate surface area is 420 Å². The smallest absolute Gasteiger partial charge is 0.277 e. The van der Waals surface area contributed by atoms with Gasteiger partial charge in [-0.05, 0) is 77.2 Å². The summed E-state index contributed by atoms with van der Waals surface area (Å²) in [6.07, 6.45) is 3.09. The summed E-state index contributed by atoms with van der Waals surface area (Å²) in [5.41, 5.74) is 3.49. The van der Waals surface area contributed by atoms with E-state index < -0.39 is 20.0 Å². The van der Waals surface area contributed by atoms with E-state index >= 15 is 0 Å². The lowest BCUT2D eigenvalue weighted by Gasteiger charge is -2.31. The molecular weight excluding hydrogens is 969 g/mol. The van der Waals surface area contributed by atoms with E-state index in [1.165, 1.54) is 18.0 Å². The fourth-order valence-corrected chi connectivity index (χ4v) is 11.5. The van der Waals surface area contributed by atoms with Crippen LogP contribution in [0, 0.1) is 0 Å². The number of rotatable bonds is 14. The lowest BCUT2D eigenvalue weighted by molar-refractivity contribution is -0.0334. The van der Waals surface area contributed by atoms with Gasteiger partial charge in [-0.2, -0.15) is 18.8 Å². The van der Waals surface area contributed by atoms with E-state index in [0.29, 0.717) is 123 Å². The summed E-state index contributed by atoms with van der Waals surface area (Å²) in [5, 5.41) is 8.91. The van der Waals surface area contributed by atoms with Crippen molar-refractivity contribution >= 4 is 42.1 Å². The van der Waals surface area contributed by atoms with E-state index in [2.05, 4.69) is 30.0 Å². The third kappa shape index (κ3) is 12.1. The van der Waals surface area contributed by atoms with Gasteiger partial charge in [-0.25, -0.2) is 26.8 Å². The molecule has 3 saturated heterocycles. The number of aromatic nitrogens is 8. The van der Waals surface area contributed by atoms with Crippen molar-refractivity contribution in [2.75, 3.05) is 106 Å². The molecule has 0 unspecified atom stereocenters. The average Bonchev–Trinajstić information content (AvgIpc) is 3.87. The summed E-state index contributed by atoms with van der Waals surface area (Å²) in [5.74, 6) is 1.44. The molecule has 4 aromatic heterocycles. The fraction of sp³-hybridized carbons (Fsp3) is 0.542. The minimum absolute atomic E-state index is 0.147. The topological polar surface area (TPSA) is 245 Å². The lowest BCUT2D eigenvalue weighted by Crippen LogP contribution is -2.47. The molecule has 2 aromatic carbocycles. The predicted molar refractivity (Wildman–Crippen MR) is 274 cm³/mol. The van der Waals surface area contributed by atoms with Crippen molar-refractivity contribution in [3.63, 3.8) is 0 Å². The number of aromatic amines is 2. The van der Waals surface area contributed by atoms with Gasteiger partial charge < -0.3 is 38.7 Å². The van der Waals surface area contributed by atoms with Crippen molar-refractivity contribution in [1.29, 1.82) is 0 Å². The van der Waals surface area contributed by atoms with Crippen molar-refractivity contribution in [3.8, 4) is 34.3 Å². The maximum absolute atomic E-state index is 13.3. The fourth-order valence-electron chi connectivity index (χ4n) is 8.63. The Kier molecular flexibility index (Phi) is 18.0. The molecular formula is C48H68N12O10S2. The van der Waals surface area contributed by atoms with Crippen molar-refractivity contribution < 1.29 is 35.8 Å². The maximum atomic E-state index is 13.3. The number of sulfonamides is 2. The number of likely N-dealkylation sites (N-methyl/N-ethyl adjacent to an activating group) is 2. The molecule has 0 amide bonds. The summed E-state index contributed by atoms with van der Waals surface area (Å²) in [6, 6.07) is 9.43. The molecule has 0 spiro atoms. The Morgan fingerprint density at radius 3 is 1.24 bits per heavy atom. The molecule has 6 aromatic rings. The van der Waals surface area contributed by atoms with Crippen LogP contribution in [0.3, 0.4) is 0 Å². The standard InChI is InChI=1S/2C22H30N6O4S.C4H8O2/c2*1-5-7-17-19-20(27(4)25-17)22(29)24-21(23-19)16-14-15(8-9-18(16)32-6-2)33(30,31)28-12-10-26(3)11-13-28;1-2-6-4-3-5-1/h2*8-9,14H,5-7,10-13H2,1-4H3,(H,23,24,29);1-4H2. The van der Waals surface area contributed by atoms with Crippen LogP contribution in [0.4, 0.5) is 0 Å². The van der Waals surface area contributed by atoms with E-state index in [9.17, 15) is 26.4 Å². The number of benzene rings is 2. The first kappa shape index (κ1) is 54.2. The van der Waals surface area contributed by atoms with Crippen LogP contribution >= 0.6 is 0 Å². The first-order valence-electron chi connectivity index (χ1n) is 24.5. The van der Waals surface area contributed by atoms with Crippen LogP contribution in [-0.2, 0) is 56.5 Å². The van der Waals surface area contributed by atoms with Gasteiger partial charge in [-0.15, -0.1) is 0 Å². The van der Waals surface area contributed by atoms with Gasteiger partial charge in [0.25, 0.3) is 11.1 Å². The first-order valence-corrected chi connectivity index (χ1v) is 27.4. The van der Waals surface area contributed by atoms with Gasteiger partial charge in [-0.1, -0.05) is 26.7 Å². The molecule has 0 bridgehead atoms. The molecule has 392 valence electrons. The highest BCUT2D eigenvalue weighted by Crippen LogP contribution is 2.34. The highest BCUT2D eigenvalue weighted by atomic mass is 32.2. The van der Waals surface area contributed by atoms with Crippen molar-refractivity contribution in [2.45, 2.75) is 63.2 Å². The van der Waals surface area contributed by atoms with Gasteiger partial charge in [-0.3, -0.25) is 19.0 Å². The number of nitrogens with one attached hydrogen (secondary N) is 2. The number of aryl methyl sites for hydroxylation is 4. The average molecular weight is 1040 g/mol. The molecule has 0 aliphatic carbocycles. The number of hydrogen-bond donors (Lipinski definition) is 2. The van der Waals surface area contributed by atoms with Crippen LogP contribution in [0.25, 0.3) is 44.8 Å². The van der Waals surface area contributed by atoms with Gasteiger partial charge in [0.05, 0.1) is 71.9 Å². The summed E-state index contributed by atoms with van der Waals surface area (Å²) in [7, 11) is -0.0166. The van der Waals surface area contributed by atoms with E-state index in [4.69, 9.17) is 28.9 Å². The van der Waals surface area contributed by atoms with Crippen LogP contribution in [0.15, 0.2) is 55.8 Å². The third-order valence-electron chi connectivity index (χ3n) is 12.5. The van der Waals surface area contributed by atoms with Gasteiger partial charge in [0.2, 0.25) is 20.0 Å². The summed E-state index contributed by atoms with van der Waals surface area (Å²) < 4.78 is 80.8. The van der Waals surface area contributed by atoms with Crippen LogP contribution < -0.4 is 20.6 Å². The van der Waals surface area contributed by atoms with Crippen LogP contribution in [0.2, 0.25) is 0 Å². The van der Waals surface area contributed by atoms with Crippen molar-refractivity contribution in [3.05, 3.63) is 68.5 Å². The third-order valence-corrected chi connectivity index (χ3v) is 16.2. The second kappa shape index (κ2) is 24.0. The minimum atomic E-state index is -3.70. The first-order chi connectivity index (χ1) is 34.5. The summed E-state index contributed by atoms with van der Waals surface area (Å²) in [6.45, 7) is 16.1. The van der Waals surface area contributed by atoms with Gasteiger partial charge in [0.15, 0.2) is 11.0 Å². The molecule has 24 heteroatoms. The number of nitrogens with zero attached hydrogens (tertiary/aromatic N) is 10. The van der Waals surface area contributed by atoms with Crippen LogP contribution in [0.5, 0.6) is 11.5 Å². The van der Waals surface area contributed by atoms with Crippen molar-refractivity contribution in [2.24, 2.45) is 14.1 Å². The zero-order chi connectivity index (χ0) is 51.7. The zero-order valence-corrected chi connectivity index (χ0v) is 44.2. The Balaban J connectivity index is 0.000000189. The normalized spacial score (nSPS) is 16.6. The molecule has 0 saturated carbocycles. The monoisotopic (exact) mass is 1040 g/mol.